The van der Waals surface area contributed by atoms with Crippen molar-refractivity contribution in [3.8, 4) is 5.75 Å². The van der Waals surface area contributed by atoms with Crippen molar-refractivity contribution in [3.63, 3.8) is 0 Å². The Labute approximate surface area is 209 Å². The van der Waals surface area contributed by atoms with Gasteiger partial charge in [-0.05, 0) is 54.0 Å². The fraction of sp³-hybridized carbons (Fsp3) is 0.160. The Kier molecular flexibility index (Phi) is 7.54. The molecular formula is C25H22BrN3O4S. The van der Waals surface area contributed by atoms with Gasteiger partial charge in [0.05, 0.1) is 9.83 Å². The zero-order chi connectivity index (χ0) is 24.1. The van der Waals surface area contributed by atoms with E-state index in [0.29, 0.717) is 16.2 Å². The second-order valence-corrected chi connectivity index (χ2v) is 9.64. The van der Waals surface area contributed by atoms with Crippen LogP contribution < -0.4 is 15.4 Å². The molecule has 0 saturated carbocycles. The number of aryl methyl sites for hydroxylation is 1. The van der Waals surface area contributed by atoms with Crippen LogP contribution in [0.4, 0.5) is 11.4 Å². The summed E-state index contributed by atoms with van der Waals surface area (Å²) >= 11 is 4.87. The van der Waals surface area contributed by atoms with Crippen LogP contribution in [0.3, 0.4) is 0 Å². The fourth-order valence-electron chi connectivity index (χ4n) is 3.38. The second-order valence-electron chi connectivity index (χ2n) is 7.57. The van der Waals surface area contributed by atoms with Gasteiger partial charge in [0.25, 0.3) is 11.6 Å². The number of benzene rings is 3. The standard InChI is InChI=1S/C25H22BrN3O4S/c1-2-16-6-9-20(10-7-16)27-25-28-24(30)23(34-25)14-18-13-19(26)8-11-22(18)33-15-17-4-3-5-21(12-17)29(31)32/h3-14,25,27H,2,15H2,1H3,(H,28,30)/b23-14-/t25-/m0/s1. The number of thioether (sulfide) groups is 1. The van der Waals surface area contributed by atoms with Crippen molar-refractivity contribution >= 4 is 51.0 Å². The van der Waals surface area contributed by atoms with Crippen molar-refractivity contribution in [2.45, 2.75) is 25.4 Å². The van der Waals surface area contributed by atoms with E-state index >= 15 is 0 Å². The van der Waals surface area contributed by atoms with Crippen LogP contribution >= 0.6 is 27.7 Å². The lowest BCUT2D eigenvalue weighted by atomic mass is 10.1. The summed E-state index contributed by atoms with van der Waals surface area (Å²) in [7, 11) is 0. The lowest BCUT2D eigenvalue weighted by molar-refractivity contribution is -0.384. The van der Waals surface area contributed by atoms with Gasteiger partial charge in [-0.3, -0.25) is 14.9 Å². The van der Waals surface area contributed by atoms with Gasteiger partial charge in [-0.1, -0.05) is 58.9 Å². The van der Waals surface area contributed by atoms with Crippen molar-refractivity contribution in [1.82, 2.24) is 5.32 Å². The van der Waals surface area contributed by atoms with Gasteiger partial charge in [0.15, 0.2) is 5.50 Å². The average molecular weight is 540 g/mol. The largest absolute Gasteiger partial charge is 0.488 e. The van der Waals surface area contributed by atoms with Gasteiger partial charge >= 0.3 is 0 Å². The van der Waals surface area contributed by atoms with Gasteiger partial charge < -0.3 is 15.4 Å². The second kappa shape index (κ2) is 10.8. The molecule has 1 aliphatic heterocycles. The van der Waals surface area contributed by atoms with E-state index < -0.39 is 4.92 Å². The molecule has 3 aromatic carbocycles. The molecule has 9 heteroatoms. The number of carbonyl (C=O) groups is 1. The molecule has 1 atom stereocenters. The van der Waals surface area contributed by atoms with Crippen LogP contribution in [-0.4, -0.2) is 16.3 Å². The van der Waals surface area contributed by atoms with Crippen molar-refractivity contribution in [3.05, 3.63) is 103 Å². The highest BCUT2D eigenvalue weighted by Gasteiger charge is 2.27. The number of carbonyl (C=O) groups excluding carboxylic acids is 1. The van der Waals surface area contributed by atoms with Crippen molar-refractivity contribution in [2.24, 2.45) is 0 Å². The highest BCUT2D eigenvalue weighted by molar-refractivity contribution is 9.10. The number of hydrogen-bond acceptors (Lipinski definition) is 6. The van der Waals surface area contributed by atoms with Crippen LogP contribution in [0.1, 0.15) is 23.6 Å². The summed E-state index contributed by atoms with van der Waals surface area (Å²) in [6, 6.07) is 20.0. The highest BCUT2D eigenvalue weighted by atomic mass is 79.9. The number of hydrogen-bond donors (Lipinski definition) is 2. The number of anilines is 1. The van der Waals surface area contributed by atoms with E-state index in [1.807, 2.05) is 24.3 Å². The van der Waals surface area contributed by atoms with E-state index in [1.165, 1.54) is 29.5 Å². The van der Waals surface area contributed by atoms with E-state index in [1.54, 1.807) is 24.3 Å². The first-order valence-corrected chi connectivity index (χ1v) is 12.3. The molecule has 0 spiro atoms. The number of non-ortho nitro benzene ring substituents is 1. The molecular weight excluding hydrogens is 518 g/mol. The number of amides is 1. The molecule has 2 N–H and O–H groups in total. The summed E-state index contributed by atoms with van der Waals surface area (Å²) in [5.41, 5.74) is 3.32. The third-order valence-electron chi connectivity index (χ3n) is 5.16. The first kappa shape index (κ1) is 23.8. The molecule has 174 valence electrons. The molecule has 0 aliphatic carbocycles. The van der Waals surface area contributed by atoms with Gasteiger partial charge in [0, 0.05) is 27.9 Å². The van der Waals surface area contributed by atoms with Crippen LogP contribution in [-0.2, 0) is 17.8 Å². The summed E-state index contributed by atoms with van der Waals surface area (Å²) in [5.74, 6) is 0.402. The van der Waals surface area contributed by atoms with Gasteiger partial charge in [-0.25, -0.2) is 0 Å². The number of nitrogens with zero attached hydrogens (tertiary/aromatic N) is 1. The fourth-order valence-corrected chi connectivity index (χ4v) is 4.73. The zero-order valence-electron chi connectivity index (χ0n) is 18.3. The predicted molar refractivity (Wildman–Crippen MR) is 139 cm³/mol. The number of halogens is 1. The minimum absolute atomic E-state index is 0.0150. The molecule has 1 amide bonds. The molecule has 4 rings (SSSR count). The molecule has 1 saturated heterocycles. The minimum atomic E-state index is -0.433. The summed E-state index contributed by atoms with van der Waals surface area (Å²) in [6.45, 7) is 2.27. The van der Waals surface area contributed by atoms with Crippen molar-refractivity contribution in [2.75, 3.05) is 5.32 Å². The molecule has 1 fully saturated rings. The van der Waals surface area contributed by atoms with E-state index in [4.69, 9.17) is 4.74 Å². The summed E-state index contributed by atoms with van der Waals surface area (Å²) < 4.78 is 6.80. The quantitative estimate of drug-likeness (QED) is 0.204. The van der Waals surface area contributed by atoms with Gasteiger partial charge in [-0.2, -0.15) is 0 Å². The Morgan fingerprint density at radius 1 is 1.15 bits per heavy atom. The SMILES string of the molecule is CCc1ccc(N[C@H]2NC(=O)/C(=C/c3cc(Br)ccc3OCc3cccc([N+](=O)[O-])c3)S2)cc1. The van der Waals surface area contributed by atoms with E-state index in [-0.39, 0.29) is 23.7 Å². The normalized spacial score (nSPS) is 16.4. The van der Waals surface area contributed by atoms with E-state index in [9.17, 15) is 14.9 Å². The first-order chi connectivity index (χ1) is 16.4. The van der Waals surface area contributed by atoms with Crippen LogP contribution in [0.2, 0.25) is 0 Å². The van der Waals surface area contributed by atoms with Gasteiger partial charge in [-0.15, -0.1) is 0 Å². The van der Waals surface area contributed by atoms with E-state index in [0.717, 1.165) is 22.1 Å². The Balaban J connectivity index is 1.48. The maximum Gasteiger partial charge on any atom is 0.269 e. The van der Waals surface area contributed by atoms with Crippen LogP contribution in [0.5, 0.6) is 5.75 Å². The molecule has 1 heterocycles. The monoisotopic (exact) mass is 539 g/mol. The highest BCUT2D eigenvalue weighted by Crippen LogP contribution is 2.34. The third kappa shape index (κ3) is 5.98. The maximum absolute atomic E-state index is 12.6. The maximum atomic E-state index is 12.6. The average Bonchev–Trinajstić information content (AvgIpc) is 3.17. The smallest absolute Gasteiger partial charge is 0.269 e. The summed E-state index contributed by atoms with van der Waals surface area (Å²) in [6.07, 6.45) is 2.76. The number of nitrogens with one attached hydrogen (secondary N) is 2. The summed E-state index contributed by atoms with van der Waals surface area (Å²) in [4.78, 5) is 23.7. The Hall–Kier alpha value is -3.30. The van der Waals surface area contributed by atoms with Crippen molar-refractivity contribution < 1.29 is 14.5 Å². The molecule has 3 aromatic rings. The molecule has 0 unspecified atom stereocenters. The Morgan fingerprint density at radius 3 is 2.68 bits per heavy atom. The van der Waals surface area contributed by atoms with Crippen LogP contribution in [0.15, 0.2) is 76.1 Å². The number of nitro groups is 1. The Bertz CT molecular complexity index is 1250. The molecule has 34 heavy (non-hydrogen) atoms. The Morgan fingerprint density at radius 2 is 1.94 bits per heavy atom. The topological polar surface area (TPSA) is 93.5 Å². The van der Waals surface area contributed by atoms with Crippen LogP contribution in [0, 0.1) is 10.1 Å². The van der Waals surface area contributed by atoms with E-state index in [2.05, 4.69) is 45.6 Å². The van der Waals surface area contributed by atoms with Gasteiger partial charge in [0.2, 0.25) is 0 Å². The molecule has 0 aromatic heterocycles. The number of nitro benzene ring substituents is 1. The minimum Gasteiger partial charge on any atom is -0.488 e. The summed E-state index contributed by atoms with van der Waals surface area (Å²) in [5, 5.41) is 17.3. The lowest BCUT2D eigenvalue weighted by Crippen LogP contribution is -2.30. The molecule has 1 aliphatic rings. The lowest BCUT2D eigenvalue weighted by Gasteiger charge is -2.13. The van der Waals surface area contributed by atoms with Crippen molar-refractivity contribution in [1.29, 1.82) is 0 Å². The number of rotatable bonds is 8. The third-order valence-corrected chi connectivity index (χ3v) is 6.69. The van der Waals surface area contributed by atoms with Gasteiger partial charge in [0.1, 0.15) is 12.4 Å². The predicted octanol–water partition coefficient (Wildman–Crippen LogP) is 6.10. The molecule has 0 bridgehead atoms. The molecule has 0 radical (unpaired) electrons. The first-order valence-electron chi connectivity index (χ1n) is 10.6. The number of ether oxygens (including phenoxy) is 1. The van der Waals surface area contributed by atoms with Crippen LogP contribution in [0.25, 0.3) is 6.08 Å². The molecule has 7 nitrogen and oxygen atoms in total. The zero-order valence-corrected chi connectivity index (χ0v) is 20.7.